The summed E-state index contributed by atoms with van der Waals surface area (Å²) in [5, 5.41) is 0.868. The van der Waals surface area contributed by atoms with E-state index in [9.17, 15) is 0 Å². The highest BCUT2D eigenvalue weighted by atomic mass is 32.2. The molecule has 0 saturated heterocycles. The van der Waals surface area contributed by atoms with Gasteiger partial charge in [0.1, 0.15) is 5.75 Å². The fourth-order valence-corrected chi connectivity index (χ4v) is 3.62. The monoisotopic (exact) mass is 373 g/mol. The molecule has 0 aliphatic rings. The summed E-state index contributed by atoms with van der Waals surface area (Å²) in [5.74, 6) is 3.02. The minimum Gasteiger partial charge on any atom is -0.497 e. The van der Waals surface area contributed by atoms with Gasteiger partial charge in [0.15, 0.2) is 16.7 Å². The molecule has 0 spiro atoms. The van der Waals surface area contributed by atoms with Gasteiger partial charge in [0.25, 0.3) is 0 Å². The van der Waals surface area contributed by atoms with Crippen LogP contribution in [0, 0.1) is 0 Å². The van der Waals surface area contributed by atoms with E-state index in [0.717, 1.165) is 50.4 Å². The van der Waals surface area contributed by atoms with Crippen LogP contribution >= 0.6 is 11.8 Å². The van der Waals surface area contributed by atoms with Crippen molar-refractivity contribution in [3.63, 3.8) is 0 Å². The molecule has 2 aromatic carbocycles. The lowest BCUT2D eigenvalue weighted by Crippen LogP contribution is -2.11. The van der Waals surface area contributed by atoms with Gasteiger partial charge < -0.3 is 24.1 Å². The van der Waals surface area contributed by atoms with Crippen molar-refractivity contribution < 1.29 is 14.2 Å². The second-order valence-electron chi connectivity index (χ2n) is 5.94. The third-order valence-corrected chi connectivity index (χ3v) is 5.02. The summed E-state index contributed by atoms with van der Waals surface area (Å²) in [6.45, 7) is 0. The van der Waals surface area contributed by atoms with Gasteiger partial charge >= 0.3 is 0 Å². The molecule has 0 aliphatic carbocycles. The number of fused-ring (bicyclic) bond motifs is 1. The van der Waals surface area contributed by atoms with Gasteiger partial charge in [-0.2, -0.15) is 0 Å². The number of hydrogen-bond acceptors (Lipinski definition) is 6. The number of ether oxygens (including phenoxy) is 3. The molecule has 26 heavy (non-hydrogen) atoms. The van der Waals surface area contributed by atoms with E-state index in [4.69, 9.17) is 14.2 Å². The van der Waals surface area contributed by atoms with Crippen molar-refractivity contribution in [1.29, 1.82) is 0 Å². The van der Waals surface area contributed by atoms with Crippen LogP contribution in [0.4, 0.5) is 5.69 Å². The Balaban J connectivity index is 1.86. The smallest absolute Gasteiger partial charge is 0.166 e. The zero-order valence-electron chi connectivity index (χ0n) is 15.6. The predicted octanol–water partition coefficient (Wildman–Crippen LogP) is 3.95. The number of thioether (sulfide) groups is 1. The van der Waals surface area contributed by atoms with E-state index < -0.39 is 0 Å². The topological polar surface area (TPSA) is 59.6 Å². The molecule has 0 radical (unpaired) electrons. The van der Waals surface area contributed by atoms with Crippen molar-refractivity contribution in [3.8, 4) is 17.2 Å². The van der Waals surface area contributed by atoms with Crippen LogP contribution in [-0.4, -0.2) is 45.4 Å². The molecule has 0 saturated carbocycles. The summed E-state index contributed by atoms with van der Waals surface area (Å²) in [5.41, 5.74) is 4.13. The average Bonchev–Trinajstić information content (AvgIpc) is 3.07. The summed E-state index contributed by atoms with van der Waals surface area (Å²) in [6, 6.07) is 9.84. The number of hydrogen-bond donors (Lipinski definition) is 1. The van der Waals surface area contributed by atoms with Gasteiger partial charge in [-0.15, -0.1) is 0 Å². The molecule has 138 valence electrons. The summed E-state index contributed by atoms with van der Waals surface area (Å²) >= 11 is 1.65. The summed E-state index contributed by atoms with van der Waals surface area (Å²) < 4.78 is 16.1. The van der Waals surface area contributed by atoms with Crippen LogP contribution < -0.4 is 19.1 Å². The van der Waals surface area contributed by atoms with Gasteiger partial charge in [0.2, 0.25) is 0 Å². The van der Waals surface area contributed by atoms with E-state index in [-0.39, 0.29) is 0 Å². The molecule has 6 nitrogen and oxygen atoms in total. The van der Waals surface area contributed by atoms with Crippen LogP contribution in [0.2, 0.25) is 0 Å². The zero-order chi connectivity index (χ0) is 18.7. The number of aromatic amines is 1. The number of rotatable bonds is 7. The van der Waals surface area contributed by atoms with Crippen LogP contribution in [0.1, 0.15) is 5.56 Å². The van der Waals surface area contributed by atoms with E-state index in [2.05, 4.69) is 14.9 Å². The molecule has 0 atom stereocenters. The van der Waals surface area contributed by atoms with E-state index in [0.29, 0.717) is 0 Å². The Labute approximate surface area is 157 Å². The second kappa shape index (κ2) is 7.78. The zero-order valence-corrected chi connectivity index (χ0v) is 16.4. The SMILES string of the molecule is COc1ccc2nc(SCc3cc(OC)c(OC)cc3N(C)C)[nH]c2c1. The number of aromatic nitrogens is 2. The molecule has 0 bridgehead atoms. The molecule has 0 unspecified atom stereocenters. The van der Waals surface area contributed by atoms with Gasteiger partial charge in [-0.3, -0.25) is 0 Å². The fourth-order valence-electron chi connectivity index (χ4n) is 2.75. The molecule has 1 aromatic heterocycles. The number of methoxy groups -OCH3 is 3. The van der Waals surface area contributed by atoms with Crippen molar-refractivity contribution in [2.24, 2.45) is 0 Å². The molecule has 7 heteroatoms. The van der Waals surface area contributed by atoms with E-state index in [1.807, 2.05) is 44.4 Å². The largest absolute Gasteiger partial charge is 0.497 e. The first-order valence-electron chi connectivity index (χ1n) is 8.14. The highest BCUT2D eigenvalue weighted by Gasteiger charge is 2.14. The number of benzene rings is 2. The number of H-pyrrole nitrogens is 1. The Morgan fingerprint density at radius 2 is 1.73 bits per heavy atom. The van der Waals surface area contributed by atoms with Crippen LogP contribution in [0.15, 0.2) is 35.5 Å². The number of anilines is 1. The third kappa shape index (κ3) is 3.67. The van der Waals surface area contributed by atoms with Gasteiger partial charge in [0, 0.05) is 37.7 Å². The van der Waals surface area contributed by atoms with Gasteiger partial charge in [-0.05, 0) is 23.8 Å². The lowest BCUT2D eigenvalue weighted by molar-refractivity contribution is 0.355. The number of nitrogens with zero attached hydrogens (tertiary/aromatic N) is 2. The maximum absolute atomic E-state index is 5.45. The normalized spacial score (nSPS) is 10.8. The van der Waals surface area contributed by atoms with Crippen molar-refractivity contribution in [1.82, 2.24) is 9.97 Å². The first-order valence-corrected chi connectivity index (χ1v) is 9.13. The molecular weight excluding hydrogens is 350 g/mol. The summed E-state index contributed by atoms with van der Waals surface area (Å²) in [4.78, 5) is 10.0. The van der Waals surface area contributed by atoms with Gasteiger partial charge in [-0.1, -0.05) is 11.8 Å². The van der Waals surface area contributed by atoms with Gasteiger partial charge in [0.05, 0.1) is 32.4 Å². The minimum atomic E-state index is 0.723. The standard InChI is InChI=1S/C19H23N3O3S/c1-22(2)16-10-18(25-5)17(24-4)8-12(16)11-26-19-20-14-7-6-13(23-3)9-15(14)21-19/h6-10H,11H2,1-5H3,(H,20,21). The molecular formula is C19H23N3O3S. The van der Waals surface area contributed by atoms with Crippen LogP contribution in [-0.2, 0) is 5.75 Å². The molecule has 0 aliphatic heterocycles. The Kier molecular flexibility index (Phi) is 5.46. The molecule has 0 amide bonds. The van der Waals surface area contributed by atoms with Crippen LogP contribution in [0.5, 0.6) is 17.2 Å². The summed E-state index contributed by atoms with van der Waals surface area (Å²) in [7, 11) is 8.99. The third-order valence-electron chi connectivity index (χ3n) is 4.10. The number of imidazole rings is 1. The van der Waals surface area contributed by atoms with Crippen LogP contribution in [0.25, 0.3) is 11.0 Å². The average molecular weight is 373 g/mol. The van der Waals surface area contributed by atoms with Crippen molar-refractivity contribution in [2.75, 3.05) is 40.3 Å². The van der Waals surface area contributed by atoms with Gasteiger partial charge in [-0.25, -0.2) is 4.98 Å². The van der Waals surface area contributed by atoms with E-state index >= 15 is 0 Å². The molecule has 1 heterocycles. The maximum Gasteiger partial charge on any atom is 0.166 e. The van der Waals surface area contributed by atoms with Crippen molar-refractivity contribution in [2.45, 2.75) is 10.9 Å². The lowest BCUT2D eigenvalue weighted by Gasteiger charge is -2.20. The Bertz CT molecular complexity index is 908. The minimum absolute atomic E-state index is 0.723. The van der Waals surface area contributed by atoms with Crippen molar-refractivity contribution in [3.05, 3.63) is 35.9 Å². The molecule has 0 fully saturated rings. The van der Waals surface area contributed by atoms with E-state index in [1.165, 1.54) is 0 Å². The maximum atomic E-state index is 5.45. The first-order chi connectivity index (χ1) is 12.5. The fraction of sp³-hybridized carbons (Fsp3) is 0.316. The predicted molar refractivity (Wildman–Crippen MR) is 106 cm³/mol. The Morgan fingerprint density at radius 3 is 2.38 bits per heavy atom. The van der Waals surface area contributed by atoms with Crippen LogP contribution in [0.3, 0.4) is 0 Å². The first kappa shape index (κ1) is 18.3. The molecule has 1 N–H and O–H groups in total. The molecule has 3 rings (SSSR count). The summed E-state index contributed by atoms with van der Waals surface area (Å²) in [6.07, 6.45) is 0. The highest BCUT2D eigenvalue weighted by Crippen LogP contribution is 2.37. The van der Waals surface area contributed by atoms with Crippen molar-refractivity contribution >= 4 is 28.5 Å². The second-order valence-corrected chi connectivity index (χ2v) is 6.91. The Morgan fingerprint density at radius 1 is 1.00 bits per heavy atom. The number of nitrogens with one attached hydrogen (secondary N) is 1. The molecule has 3 aromatic rings. The Hall–Kier alpha value is -2.54. The van der Waals surface area contributed by atoms with E-state index in [1.54, 1.807) is 33.1 Å². The lowest BCUT2D eigenvalue weighted by atomic mass is 10.1. The highest BCUT2D eigenvalue weighted by molar-refractivity contribution is 7.98. The quantitative estimate of drug-likeness (QED) is 0.633.